The molecular weight excluding hydrogens is 229 g/mol. The number of hydrogen-bond acceptors (Lipinski definition) is 2. The van der Waals surface area contributed by atoms with Crippen LogP contribution in [-0.4, -0.2) is 0 Å². The van der Waals surface area contributed by atoms with Gasteiger partial charge in [-0.25, -0.2) is 4.39 Å². The number of hydrogen-bond donors (Lipinski definition) is 1. The molecule has 0 aliphatic rings. The van der Waals surface area contributed by atoms with Gasteiger partial charge < -0.3 is 10.2 Å². The van der Waals surface area contributed by atoms with Crippen molar-refractivity contribution in [2.45, 2.75) is 25.8 Å². The number of rotatable bonds is 3. The van der Waals surface area contributed by atoms with Gasteiger partial charge in [0.25, 0.3) is 0 Å². The second-order valence-electron chi connectivity index (χ2n) is 3.82. The van der Waals surface area contributed by atoms with Gasteiger partial charge in [0, 0.05) is 0 Å². The van der Waals surface area contributed by atoms with Crippen molar-refractivity contribution < 1.29 is 8.81 Å². The van der Waals surface area contributed by atoms with Crippen LogP contribution in [0.5, 0.6) is 0 Å². The highest BCUT2D eigenvalue weighted by atomic mass is 35.5. The Bertz CT molecular complexity index is 509. The Hall–Kier alpha value is -1.06. The van der Waals surface area contributed by atoms with E-state index in [1.54, 1.807) is 12.1 Å². The molecule has 0 spiro atoms. The molecule has 0 saturated heterocycles. The molecule has 2 N–H and O–H groups in total. The van der Waals surface area contributed by atoms with E-state index in [2.05, 4.69) is 0 Å². The predicted octanol–water partition coefficient (Wildman–Crippen LogP) is 4.03. The zero-order valence-corrected chi connectivity index (χ0v) is 9.72. The van der Waals surface area contributed by atoms with Crippen LogP contribution in [0.1, 0.15) is 31.6 Å². The lowest BCUT2D eigenvalue weighted by Gasteiger charge is -2.04. The lowest BCUT2D eigenvalue weighted by Crippen LogP contribution is -2.08. The normalized spacial score (nSPS) is 13.2. The Morgan fingerprint density at radius 1 is 1.50 bits per heavy atom. The molecule has 0 bridgehead atoms. The van der Waals surface area contributed by atoms with Gasteiger partial charge in [0.15, 0.2) is 5.82 Å². The maximum Gasteiger partial charge on any atom is 0.152 e. The fourth-order valence-corrected chi connectivity index (χ4v) is 1.87. The summed E-state index contributed by atoms with van der Waals surface area (Å²) in [4.78, 5) is 0. The van der Waals surface area contributed by atoms with Crippen molar-refractivity contribution >= 4 is 22.6 Å². The molecule has 4 heteroatoms. The van der Waals surface area contributed by atoms with Crippen LogP contribution >= 0.6 is 11.6 Å². The molecule has 0 aliphatic heterocycles. The van der Waals surface area contributed by atoms with E-state index >= 15 is 0 Å². The van der Waals surface area contributed by atoms with Crippen LogP contribution in [-0.2, 0) is 0 Å². The van der Waals surface area contributed by atoms with Gasteiger partial charge in [-0.15, -0.1) is 0 Å². The van der Waals surface area contributed by atoms with E-state index in [-0.39, 0.29) is 11.1 Å². The van der Waals surface area contributed by atoms with Crippen molar-refractivity contribution in [2.75, 3.05) is 0 Å². The third kappa shape index (κ3) is 1.93. The highest BCUT2D eigenvalue weighted by Crippen LogP contribution is 2.30. The molecule has 2 rings (SSSR count). The van der Waals surface area contributed by atoms with Gasteiger partial charge in [0.1, 0.15) is 11.3 Å². The SMILES string of the molecule is CCC[C@H](N)c1cc2c(F)c(Cl)ccc2o1. The highest BCUT2D eigenvalue weighted by Gasteiger charge is 2.15. The summed E-state index contributed by atoms with van der Waals surface area (Å²) in [5.74, 6) is 0.163. The average molecular weight is 242 g/mol. The summed E-state index contributed by atoms with van der Waals surface area (Å²) >= 11 is 5.69. The van der Waals surface area contributed by atoms with Crippen molar-refractivity contribution in [3.63, 3.8) is 0 Å². The Labute approximate surface area is 98.2 Å². The Morgan fingerprint density at radius 2 is 2.25 bits per heavy atom. The Balaban J connectivity index is 2.48. The quantitative estimate of drug-likeness (QED) is 0.881. The monoisotopic (exact) mass is 241 g/mol. The first kappa shape index (κ1) is 11.4. The summed E-state index contributed by atoms with van der Waals surface area (Å²) in [6, 6.07) is 4.59. The Kier molecular flexibility index (Phi) is 3.17. The number of halogens is 2. The third-order valence-corrected chi connectivity index (χ3v) is 2.86. The third-order valence-electron chi connectivity index (χ3n) is 2.57. The van der Waals surface area contributed by atoms with Crippen LogP contribution in [0.15, 0.2) is 22.6 Å². The van der Waals surface area contributed by atoms with Gasteiger partial charge >= 0.3 is 0 Å². The van der Waals surface area contributed by atoms with Gasteiger partial charge in [-0.1, -0.05) is 24.9 Å². The maximum atomic E-state index is 13.6. The number of nitrogens with two attached hydrogens (primary N) is 1. The van der Waals surface area contributed by atoms with E-state index < -0.39 is 5.82 Å². The van der Waals surface area contributed by atoms with Crippen molar-refractivity contribution in [1.29, 1.82) is 0 Å². The Morgan fingerprint density at radius 3 is 2.94 bits per heavy atom. The van der Waals surface area contributed by atoms with Crippen molar-refractivity contribution in [1.82, 2.24) is 0 Å². The molecule has 1 atom stereocenters. The molecule has 0 saturated carbocycles. The summed E-state index contributed by atoms with van der Waals surface area (Å²) in [7, 11) is 0. The van der Waals surface area contributed by atoms with E-state index in [4.69, 9.17) is 21.8 Å². The molecule has 86 valence electrons. The molecular formula is C12H13ClFNO. The van der Waals surface area contributed by atoms with Crippen LogP contribution in [0.3, 0.4) is 0 Å². The van der Waals surface area contributed by atoms with Crippen LogP contribution in [0.25, 0.3) is 11.0 Å². The fraction of sp³-hybridized carbons (Fsp3) is 0.333. The van der Waals surface area contributed by atoms with Gasteiger partial charge in [0.05, 0.1) is 16.5 Å². The minimum atomic E-state index is -0.446. The van der Waals surface area contributed by atoms with Gasteiger partial charge in [-0.3, -0.25) is 0 Å². The molecule has 0 radical (unpaired) electrons. The average Bonchev–Trinajstić information content (AvgIpc) is 2.69. The van der Waals surface area contributed by atoms with Crippen LogP contribution in [0.2, 0.25) is 5.02 Å². The predicted molar refractivity (Wildman–Crippen MR) is 63.0 cm³/mol. The minimum absolute atomic E-state index is 0.101. The second kappa shape index (κ2) is 4.44. The molecule has 0 amide bonds. The van der Waals surface area contributed by atoms with Crippen molar-refractivity contribution in [2.24, 2.45) is 5.73 Å². The van der Waals surface area contributed by atoms with E-state index in [9.17, 15) is 4.39 Å². The van der Waals surface area contributed by atoms with Gasteiger partial charge in [0.2, 0.25) is 0 Å². The van der Waals surface area contributed by atoms with E-state index in [1.165, 1.54) is 6.07 Å². The smallest absolute Gasteiger partial charge is 0.152 e. The van der Waals surface area contributed by atoms with Gasteiger partial charge in [-0.05, 0) is 24.6 Å². The standard InChI is InChI=1S/C12H13ClFNO/c1-2-3-9(15)11-6-7-10(16-11)5-4-8(13)12(7)14/h4-6,9H,2-3,15H2,1H3/t9-/m0/s1. The molecule has 1 aromatic carbocycles. The molecule has 1 heterocycles. The lowest BCUT2D eigenvalue weighted by molar-refractivity contribution is 0.475. The summed E-state index contributed by atoms with van der Waals surface area (Å²) in [6.07, 6.45) is 1.77. The lowest BCUT2D eigenvalue weighted by atomic mass is 10.1. The molecule has 1 aromatic heterocycles. The summed E-state index contributed by atoms with van der Waals surface area (Å²) in [5, 5.41) is 0.498. The minimum Gasteiger partial charge on any atom is -0.459 e. The summed E-state index contributed by atoms with van der Waals surface area (Å²) in [5.41, 5.74) is 6.40. The van der Waals surface area contributed by atoms with E-state index in [0.717, 1.165) is 12.8 Å². The van der Waals surface area contributed by atoms with Crippen LogP contribution < -0.4 is 5.73 Å². The van der Waals surface area contributed by atoms with Crippen LogP contribution in [0.4, 0.5) is 4.39 Å². The first-order chi connectivity index (χ1) is 7.63. The topological polar surface area (TPSA) is 39.2 Å². The number of benzene rings is 1. The first-order valence-electron chi connectivity index (χ1n) is 5.26. The van der Waals surface area contributed by atoms with E-state index in [1.807, 2.05) is 6.92 Å². The van der Waals surface area contributed by atoms with E-state index in [0.29, 0.717) is 16.7 Å². The van der Waals surface area contributed by atoms with Crippen molar-refractivity contribution in [3.8, 4) is 0 Å². The summed E-state index contributed by atoms with van der Waals surface area (Å²) < 4.78 is 19.1. The first-order valence-corrected chi connectivity index (χ1v) is 5.64. The van der Waals surface area contributed by atoms with Crippen LogP contribution in [0, 0.1) is 5.82 Å². The molecule has 2 aromatic rings. The molecule has 0 fully saturated rings. The molecule has 2 nitrogen and oxygen atoms in total. The number of fused-ring (bicyclic) bond motifs is 1. The molecule has 16 heavy (non-hydrogen) atoms. The maximum absolute atomic E-state index is 13.6. The van der Waals surface area contributed by atoms with Gasteiger partial charge in [-0.2, -0.15) is 0 Å². The largest absolute Gasteiger partial charge is 0.459 e. The number of furan rings is 1. The second-order valence-corrected chi connectivity index (χ2v) is 4.22. The summed E-state index contributed by atoms with van der Waals surface area (Å²) in [6.45, 7) is 2.04. The zero-order valence-electron chi connectivity index (χ0n) is 8.97. The highest BCUT2D eigenvalue weighted by molar-refractivity contribution is 6.31. The zero-order chi connectivity index (χ0) is 11.7. The molecule has 0 aliphatic carbocycles. The molecule has 0 unspecified atom stereocenters. The fourth-order valence-electron chi connectivity index (χ4n) is 1.71. The van der Waals surface area contributed by atoms with Crippen molar-refractivity contribution in [3.05, 3.63) is 34.8 Å².